The lowest BCUT2D eigenvalue weighted by Crippen LogP contribution is -2.22. The molecule has 0 radical (unpaired) electrons. The summed E-state index contributed by atoms with van der Waals surface area (Å²) in [6, 6.07) is 30.2. The van der Waals surface area contributed by atoms with E-state index in [9.17, 15) is 4.79 Å². The lowest BCUT2D eigenvalue weighted by atomic mass is 10.1. The summed E-state index contributed by atoms with van der Waals surface area (Å²) in [4.78, 5) is 16.7. The first kappa shape index (κ1) is 24.5. The van der Waals surface area contributed by atoms with E-state index in [1.807, 2.05) is 54.6 Å². The van der Waals surface area contributed by atoms with Crippen molar-refractivity contribution in [2.75, 3.05) is 0 Å². The van der Waals surface area contributed by atoms with E-state index in [1.54, 1.807) is 24.2 Å². The largest absolute Gasteiger partial charge is 0.348 e. The van der Waals surface area contributed by atoms with Gasteiger partial charge in [-0.3, -0.25) is 14.3 Å². The molecule has 0 aliphatic heterocycles. The van der Waals surface area contributed by atoms with E-state index in [2.05, 4.69) is 68.4 Å². The minimum absolute atomic E-state index is 0.100. The first-order valence-electron chi connectivity index (χ1n) is 12.1. The van der Waals surface area contributed by atoms with Crippen LogP contribution in [0.25, 0.3) is 5.69 Å². The fourth-order valence-corrected chi connectivity index (χ4v) is 4.96. The van der Waals surface area contributed by atoms with Crippen LogP contribution in [0.3, 0.4) is 0 Å². The van der Waals surface area contributed by atoms with Crippen molar-refractivity contribution in [3.05, 3.63) is 137 Å². The van der Waals surface area contributed by atoms with E-state index in [0.717, 1.165) is 27.8 Å². The standard InChI is InChI=1S/C30H27N5OS/c1-22-7-5-12-27(17-22)35-28(19-23-8-3-2-4-9-23)33-34-30(35)37-21-25-10-6-11-26(18-25)29(36)32-20-24-13-15-31-16-14-24/h2-18H,19-21H2,1H3,(H,32,36). The highest BCUT2D eigenvalue weighted by atomic mass is 32.2. The SMILES string of the molecule is Cc1cccc(-n2c(Cc3ccccc3)nnc2SCc2cccc(C(=O)NCc3ccncc3)c2)c1. The molecule has 0 bridgehead atoms. The van der Waals surface area contributed by atoms with Gasteiger partial charge in [0.15, 0.2) is 5.16 Å². The first-order valence-corrected chi connectivity index (χ1v) is 13.1. The number of benzene rings is 3. The van der Waals surface area contributed by atoms with E-state index in [4.69, 9.17) is 0 Å². The van der Waals surface area contributed by atoms with Gasteiger partial charge in [0.1, 0.15) is 5.82 Å². The summed E-state index contributed by atoms with van der Waals surface area (Å²) in [6.45, 7) is 2.55. The van der Waals surface area contributed by atoms with Crippen molar-refractivity contribution in [3.63, 3.8) is 0 Å². The summed E-state index contributed by atoms with van der Waals surface area (Å²) in [5.74, 6) is 1.46. The Morgan fingerprint density at radius 3 is 2.43 bits per heavy atom. The Morgan fingerprint density at radius 1 is 0.838 bits per heavy atom. The Morgan fingerprint density at radius 2 is 1.62 bits per heavy atom. The molecular weight excluding hydrogens is 478 g/mol. The summed E-state index contributed by atoms with van der Waals surface area (Å²) >= 11 is 1.61. The van der Waals surface area contributed by atoms with Gasteiger partial charge in [-0.2, -0.15) is 0 Å². The van der Waals surface area contributed by atoms with Crippen LogP contribution in [-0.4, -0.2) is 25.7 Å². The smallest absolute Gasteiger partial charge is 0.251 e. The maximum absolute atomic E-state index is 12.7. The summed E-state index contributed by atoms with van der Waals surface area (Å²) in [7, 11) is 0. The Kier molecular flexibility index (Phi) is 7.72. The summed E-state index contributed by atoms with van der Waals surface area (Å²) < 4.78 is 2.13. The molecule has 0 saturated carbocycles. The molecule has 2 heterocycles. The highest BCUT2D eigenvalue weighted by molar-refractivity contribution is 7.98. The quantitative estimate of drug-likeness (QED) is 0.257. The van der Waals surface area contributed by atoms with Crippen LogP contribution in [0.1, 0.15) is 38.4 Å². The molecule has 37 heavy (non-hydrogen) atoms. The minimum atomic E-state index is -0.100. The second-order valence-electron chi connectivity index (χ2n) is 8.76. The highest BCUT2D eigenvalue weighted by Crippen LogP contribution is 2.27. The number of amides is 1. The van der Waals surface area contributed by atoms with Crippen molar-refractivity contribution >= 4 is 17.7 Å². The fourth-order valence-electron chi connectivity index (χ4n) is 4.05. The molecule has 7 heteroatoms. The predicted molar refractivity (Wildman–Crippen MR) is 147 cm³/mol. The molecule has 0 atom stereocenters. The van der Waals surface area contributed by atoms with Crippen LogP contribution in [0.15, 0.2) is 109 Å². The van der Waals surface area contributed by atoms with Crippen molar-refractivity contribution in [1.82, 2.24) is 25.1 Å². The normalized spacial score (nSPS) is 10.8. The van der Waals surface area contributed by atoms with Gasteiger partial charge in [0, 0.05) is 42.4 Å². The monoisotopic (exact) mass is 505 g/mol. The number of nitrogens with one attached hydrogen (secondary N) is 1. The van der Waals surface area contributed by atoms with Crippen LogP contribution in [0.4, 0.5) is 0 Å². The summed E-state index contributed by atoms with van der Waals surface area (Å²) in [5, 5.41) is 12.9. The summed E-state index contributed by atoms with van der Waals surface area (Å²) in [5.41, 5.74) is 6.10. The molecule has 0 fully saturated rings. The Labute approximate surface area is 220 Å². The lowest BCUT2D eigenvalue weighted by Gasteiger charge is -2.11. The molecule has 0 saturated heterocycles. The molecule has 5 aromatic rings. The molecule has 184 valence electrons. The van der Waals surface area contributed by atoms with Gasteiger partial charge in [-0.1, -0.05) is 66.4 Å². The van der Waals surface area contributed by atoms with Gasteiger partial charge < -0.3 is 5.32 Å². The average molecular weight is 506 g/mol. The van der Waals surface area contributed by atoms with E-state index in [-0.39, 0.29) is 5.91 Å². The molecule has 0 spiro atoms. The van der Waals surface area contributed by atoms with Crippen LogP contribution < -0.4 is 5.32 Å². The van der Waals surface area contributed by atoms with Crippen molar-refractivity contribution in [3.8, 4) is 5.69 Å². The summed E-state index contributed by atoms with van der Waals surface area (Å²) in [6.07, 6.45) is 4.13. The third kappa shape index (κ3) is 6.32. The Bertz CT molecular complexity index is 1480. The number of nitrogens with zero attached hydrogens (tertiary/aromatic N) is 4. The number of pyridine rings is 1. The van der Waals surface area contributed by atoms with Gasteiger partial charge in [-0.15, -0.1) is 10.2 Å². The van der Waals surface area contributed by atoms with E-state index in [1.165, 1.54) is 11.1 Å². The van der Waals surface area contributed by atoms with Crippen LogP contribution in [0, 0.1) is 6.92 Å². The van der Waals surface area contributed by atoms with Crippen LogP contribution in [0.2, 0.25) is 0 Å². The number of hydrogen-bond donors (Lipinski definition) is 1. The van der Waals surface area contributed by atoms with E-state index < -0.39 is 0 Å². The topological polar surface area (TPSA) is 72.7 Å². The first-order chi connectivity index (χ1) is 18.2. The molecule has 2 aromatic heterocycles. The third-order valence-corrected chi connectivity index (χ3v) is 6.92. The molecule has 1 N–H and O–H groups in total. The van der Waals surface area contributed by atoms with Gasteiger partial charge in [-0.05, 0) is 65.6 Å². The van der Waals surface area contributed by atoms with Crippen molar-refractivity contribution in [1.29, 1.82) is 0 Å². The molecule has 0 aliphatic rings. The van der Waals surface area contributed by atoms with Gasteiger partial charge in [-0.25, -0.2) is 0 Å². The second kappa shape index (κ2) is 11.7. The lowest BCUT2D eigenvalue weighted by molar-refractivity contribution is 0.0951. The van der Waals surface area contributed by atoms with Gasteiger partial charge in [0.25, 0.3) is 5.91 Å². The second-order valence-corrected chi connectivity index (χ2v) is 9.71. The fraction of sp³-hybridized carbons (Fsp3) is 0.133. The van der Waals surface area contributed by atoms with E-state index >= 15 is 0 Å². The number of hydrogen-bond acceptors (Lipinski definition) is 5. The Hall–Kier alpha value is -4.23. The molecule has 5 rings (SSSR count). The molecule has 0 unspecified atom stereocenters. The number of carbonyl (C=O) groups is 1. The van der Waals surface area contributed by atoms with Crippen LogP contribution in [0.5, 0.6) is 0 Å². The van der Waals surface area contributed by atoms with E-state index in [0.29, 0.717) is 24.3 Å². The zero-order valence-electron chi connectivity index (χ0n) is 20.5. The Balaban J connectivity index is 1.33. The number of aryl methyl sites for hydroxylation is 1. The number of rotatable bonds is 9. The van der Waals surface area contributed by atoms with Crippen molar-refractivity contribution < 1.29 is 4.79 Å². The number of carbonyl (C=O) groups excluding carboxylic acids is 1. The average Bonchev–Trinajstić information content (AvgIpc) is 3.34. The van der Waals surface area contributed by atoms with Crippen molar-refractivity contribution in [2.24, 2.45) is 0 Å². The predicted octanol–water partition coefficient (Wildman–Crippen LogP) is 5.78. The zero-order valence-corrected chi connectivity index (χ0v) is 21.4. The maximum Gasteiger partial charge on any atom is 0.251 e. The molecule has 0 aliphatic carbocycles. The third-order valence-electron chi connectivity index (χ3n) is 5.92. The molecular formula is C30H27N5OS. The maximum atomic E-state index is 12.7. The van der Waals surface area contributed by atoms with Crippen LogP contribution in [-0.2, 0) is 18.7 Å². The zero-order chi connectivity index (χ0) is 25.5. The molecule has 1 amide bonds. The van der Waals surface area contributed by atoms with Crippen LogP contribution >= 0.6 is 11.8 Å². The van der Waals surface area contributed by atoms with Crippen molar-refractivity contribution in [2.45, 2.75) is 30.8 Å². The van der Waals surface area contributed by atoms with Gasteiger partial charge in [0.05, 0.1) is 0 Å². The van der Waals surface area contributed by atoms with Gasteiger partial charge in [0.2, 0.25) is 0 Å². The minimum Gasteiger partial charge on any atom is -0.348 e. The highest BCUT2D eigenvalue weighted by Gasteiger charge is 2.16. The molecule has 6 nitrogen and oxygen atoms in total. The molecule has 3 aromatic carbocycles. The van der Waals surface area contributed by atoms with Gasteiger partial charge >= 0.3 is 0 Å². The number of aromatic nitrogens is 4. The number of thioether (sulfide) groups is 1.